The number of aromatic nitrogens is 3. The molecule has 0 N–H and O–H groups in total. The van der Waals surface area contributed by atoms with E-state index in [0.717, 1.165) is 35.2 Å². The Bertz CT molecular complexity index is 1010. The largest absolute Gasteiger partial charge is 0.324 e. The van der Waals surface area contributed by atoms with Crippen molar-refractivity contribution in [1.82, 2.24) is 14.5 Å². The van der Waals surface area contributed by atoms with Gasteiger partial charge in [0.1, 0.15) is 5.52 Å². The molecule has 2 heterocycles. The second-order valence-electron chi connectivity index (χ2n) is 6.74. The van der Waals surface area contributed by atoms with E-state index in [1.807, 2.05) is 24.3 Å². The molecule has 0 atom stereocenters. The molecule has 0 radical (unpaired) electrons. The highest BCUT2D eigenvalue weighted by atomic mass is 15.1. The standard InChI is InChI=1S/C20H21N3/c1-13(2)10-11-23-18-9-8-14(3)12-15(18)19-20(23)22-17-7-5-4-6-16(17)21-19/h4-9,12-13H,10-11H2,1-3H3. The summed E-state index contributed by atoms with van der Waals surface area (Å²) in [6.07, 6.45) is 1.14. The molecule has 0 saturated heterocycles. The van der Waals surface area contributed by atoms with Gasteiger partial charge in [0.25, 0.3) is 0 Å². The van der Waals surface area contributed by atoms with Crippen LogP contribution in [0.5, 0.6) is 0 Å². The lowest BCUT2D eigenvalue weighted by atomic mass is 10.1. The van der Waals surface area contributed by atoms with E-state index in [9.17, 15) is 0 Å². The molecule has 0 unspecified atom stereocenters. The summed E-state index contributed by atoms with van der Waals surface area (Å²) in [7, 11) is 0. The molecule has 4 aromatic rings. The number of hydrogen-bond donors (Lipinski definition) is 0. The lowest BCUT2D eigenvalue weighted by Crippen LogP contribution is -2.02. The first-order valence-corrected chi connectivity index (χ1v) is 8.29. The molecule has 23 heavy (non-hydrogen) atoms. The van der Waals surface area contributed by atoms with Crippen molar-refractivity contribution in [2.45, 2.75) is 33.7 Å². The predicted octanol–water partition coefficient (Wildman–Crippen LogP) is 5.09. The maximum absolute atomic E-state index is 4.92. The van der Waals surface area contributed by atoms with Crippen LogP contribution >= 0.6 is 0 Å². The van der Waals surface area contributed by atoms with Crippen molar-refractivity contribution in [2.75, 3.05) is 0 Å². The average Bonchev–Trinajstić information content (AvgIpc) is 2.83. The van der Waals surface area contributed by atoms with Crippen molar-refractivity contribution in [3.63, 3.8) is 0 Å². The van der Waals surface area contributed by atoms with Gasteiger partial charge in [0.15, 0.2) is 5.65 Å². The molecule has 2 aromatic carbocycles. The summed E-state index contributed by atoms with van der Waals surface area (Å²) in [5.74, 6) is 0.668. The fraction of sp³-hybridized carbons (Fsp3) is 0.300. The van der Waals surface area contributed by atoms with Gasteiger partial charge in [0, 0.05) is 11.9 Å². The van der Waals surface area contributed by atoms with E-state index in [1.54, 1.807) is 0 Å². The molecule has 0 saturated carbocycles. The van der Waals surface area contributed by atoms with Gasteiger partial charge in [-0.3, -0.25) is 0 Å². The third-order valence-electron chi connectivity index (χ3n) is 4.44. The zero-order valence-electron chi connectivity index (χ0n) is 13.9. The Balaban J connectivity index is 2.08. The molecular weight excluding hydrogens is 282 g/mol. The number of rotatable bonds is 3. The van der Waals surface area contributed by atoms with Crippen LogP contribution in [-0.2, 0) is 6.54 Å². The fourth-order valence-corrected chi connectivity index (χ4v) is 3.16. The van der Waals surface area contributed by atoms with E-state index in [4.69, 9.17) is 9.97 Å². The molecule has 0 aliphatic heterocycles. The number of para-hydroxylation sites is 2. The lowest BCUT2D eigenvalue weighted by molar-refractivity contribution is 0.529. The highest BCUT2D eigenvalue weighted by Crippen LogP contribution is 2.29. The Morgan fingerprint density at radius 1 is 1.00 bits per heavy atom. The Kier molecular flexibility index (Phi) is 3.29. The third-order valence-corrected chi connectivity index (χ3v) is 4.44. The van der Waals surface area contributed by atoms with Gasteiger partial charge in [-0.25, -0.2) is 9.97 Å². The van der Waals surface area contributed by atoms with E-state index in [0.29, 0.717) is 5.92 Å². The van der Waals surface area contributed by atoms with E-state index >= 15 is 0 Å². The van der Waals surface area contributed by atoms with Gasteiger partial charge in [0.05, 0.1) is 16.6 Å². The molecule has 0 aliphatic rings. The quantitative estimate of drug-likeness (QED) is 0.527. The molecule has 116 valence electrons. The molecule has 3 nitrogen and oxygen atoms in total. The second kappa shape index (κ2) is 5.34. The van der Waals surface area contributed by atoms with Gasteiger partial charge in [-0.2, -0.15) is 0 Å². The van der Waals surface area contributed by atoms with Crippen LogP contribution in [0, 0.1) is 12.8 Å². The molecule has 0 bridgehead atoms. The summed E-state index contributed by atoms with van der Waals surface area (Å²) in [4.78, 5) is 9.83. The Morgan fingerprint density at radius 2 is 1.74 bits per heavy atom. The number of benzene rings is 2. The van der Waals surface area contributed by atoms with Crippen molar-refractivity contribution >= 4 is 33.1 Å². The van der Waals surface area contributed by atoms with Crippen LogP contribution in [0.1, 0.15) is 25.8 Å². The molecule has 4 rings (SSSR count). The maximum atomic E-state index is 4.92. The van der Waals surface area contributed by atoms with Crippen LogP contribution in [0.3, 0.4) is 0 Å². The van der Waals surface area contributed by atoms with E-state index in [-0.39, 0.29) is 0 Å². The monoisotopic (exact) mass is 303 g/mol. The summed E-state index contributed by atoms with van der Waals surface area (Å²) in [5.41, 5.74) is 6.45. The number of hydrogen-bond acceptors (Lipinski definition) is 2. The first kappa shape index (κ1) is 14.2. The number of nitrogens with zero attached hydrogens (tertiary/aromatic N) is 3. The molecule has 0 amide bonds. The minimum absolute atomic E-state index is 0.668. The molecule has 2 aromatic heterocycles. The van der Waals surface area contributed by atoms with Crippen LogP contribution < -0.4 is 0 Å². The van der Waals surface area contributed by atoms with E-state index in [2.05, 4.69) is 43.5 Å². The summed E-state index contributed by atoms with van der Waals surface area (Å²) in [5, 5.41) is 1.21. The van der Waals surface area contributed by atoms with Gasteiger partial charge >= 0.3 is 0 Å². The first-order chi connectivity index (χ1) is 11.1. The molecule has 0 aliphatic carbocycles. The van der Waals surface area contributed by atoms with Gasteiger partial charge < -0.3 is 4.57 Å². The fourth-order valence-electron chi connectivity index (χ4n) is 3.16. The predicted molar refractivity (Wildman–Crippen MR) is 96.7 cm³/mol. The van der Waals surface area contributed by atoms with Crippen LogP contribution in [0.2, 0.25) is 0 Å². The zero-order valence-corrected chi connectivity index (χ0v) is 13.9. The van der Waals surface area contributed by atoms with Gasteiger partial charge in [-0.1, -0.05) is 37.6 Å². The van der Waals surface area contributed by atoms with Crippen molar-refractivity contribution in [3.05, 3.63) is 48.0 Å². The van der Waals surface area contributed by atoms with Crippen molar-refractivity contribution in [2.24, 2.45) is 5.92 Å². The summed E-state index contributed by atoms with van der Waals surface area (Å²) >= 11 is 0. The van der Waals surface area contributed by atoms with E-state index in [1.165, 1.54) is 16.5 Å². The topological polar surface area (TPSA) is 30.7 Å². The first-order valence-electron chi connectivity index (χ1n) is 8.29. The summed E-state index contributed by atoms with van der Waals surface area (Å²) in [6.45, 7) is 7.64. The Labute approximate surface area is 136 Å². The van der Waals surface area contributed by atoms with Crippen LogP contribution in [0.15, 0.2) is 42.5 Å². The molecular formula is C20H21N3. The highest BCUT2D eigenvalue weighted by Gasteiger charge is 2.14. The average molecular weight is 303 g/mol. The molecule has 0 fully saturated rings. The molecule has 0 spiro atoms. The third kappa shape index (κ3) is 2.37. The van der Waals surface area contributed by atoms with Crippen molar-refractivity contribution < 1.29 is 0 Å². The van der Waals surface area contributed by atoms with Crippen molar-refractivity contribution in [3.8, 4) is 0 Å². The van der Waals surface area contributed by atoms with Gasteiger partial charge in [0.2, 0.25) is 0 Å². The smallest absolute Gasteiger partial charge is 0.160 e. The highest BCUT2D eigenvalue weighted by molar-refractivity contribution is 6.06. The van der Waals surface area contributed by atoms with Crippen LogP contribution in [-0.4, -0.2) is 14.5 Å². The van der Waals surface area contributed by atoms with E-state index < -0.39 is 0 Å². The zero-order chi connectivity index (χ0) is 16.0. The SMILES string of the molecule is Cc1ccc2c(c1)c1nc3ccccc3nc1n2CCC(C)C. The minimum atomic E-state index is 0.668. The Morgan fingerprint density at radius 3 is 2.48 bits per heavy atom. The minimum Gasteiger partial charge on any atom is -0.324 e. The summed E-state index contributed by atoms with van der Waals surface area (Å²) < 4.78 is 2.34. The summed E-state index contributed by atoms with van der Waals surface area (Å²) in [6, 6.07) is 14.7. The lowest BCUT2D eigenvalue weighted by Gasteiger charge is -2.09. The number of aryl methyl sites for hydroxylation is 2. The maximum Gasteiger partial charge on any atom is 0.160 e. The van der Waals surface area contributed by atoms with Crippen molar-refractivity contribution in [1.29, 1.82) is 0 Å². The van der Waals surface area contributed by atoms with Gasteiger partial charge in [-0.05, 0) is 43.5 Å². The normalized spacial score (nSPS) is 12.0. The second-order valence-corrected chi connectivity index (χ2v) is 6.74. The number of fused-ring (bicyclic) bond motifs is 4. The van der Waals surface area contributed by atoms with Crippen LogP contribution in [0.4, 0.5) is 0 Å². The van der Waals surface area contributed by atoms with Gasteiger partial charge in [-0.15, -0.1) is 0 Å². The molecule has 3 heteroatoms. The van der Waals surface area contributed by atoms with Crippen LogP contribution in [0.25, 0.3) is 33.1 Å². The Hall–Kier alpha value is -2.42.